The van der Waals surface area contributed by atoms with E-state index in [0.29, 0.717) is 11.1 Å². The van der Waals surface area contributed by atoms with Gasteiger partial charge in [-0.1, -0.05) is 0 Å². The van der Waals surface area contributed by atoms with E-state index in [1.165, 1.54) is 0 Å². The van der Waals surface area contributed by atoms with Crippen molar-refractivity contribution in [3.8, 4) is 0 Å². The predicted octanol–water partition coefficient (Wildman–Crippen LogP) is 4.06. The van der Waals surface area contributed by atoms with Gasteiger partial charge in [0.05, 0.1) is 11.3 Å². The normalized spacial score (nSPS) is 18.7. The molecular weight excluding hydrogens is 358 g/mol. The summed E-state index contributed by atoms with van der Waals surface area (Å²) in [4.78, 5) is 30.8. The van der Waals surface area contributed by atoms with Crippen LogP contribution in [-0.2, 0) is 0 Å². The van der Waals surface area contributed by atoms with Gasteiger partial charge in [-0.25, -0.2) is 0 Å². The topological polar surface area (TPSA) is 52.7 Å². The molecule has 140 valence electrons. The number of amides is 2. The van der Waals surface area contributed by atoms with Crippen molar-refractivity contribution in [1.82, 2.24) is 4.90 Å². The first-order chi connectivity index (χ1) is 13.1. The lowest BCUT2D eigenvalue weighted by atomic mass is 9.97. The molecule has 2 amide bonds. The van der Waals surface area contributed by atoms with Crippen LogP contribution in [0.15, 0.2) is 47.4 Å². The SMILES string of the molecule is CSc1ccc(NC(=O)c2ccc3c(c2)N(C)C2CCCCN2C3=O)cc1. The van der Waals surface area contributed by atoms with E-state index in [0.717, 1.165) is 42.1 Å². The number of thioether (sulfide) groups is 1. The Labute approximate surface area is 163 Å². The number of carbonyl (C=O) groups is 2. The van der Waals surface area contributed by atoms with E-state index < -0.39 is 0 Å². The molecule has 2 aliphatic rings. The second-order valence-electron chi connectivity index (χ2n) is 7.00. The summed E-state index contributed by atoms with van der Waals surface area (Å²) in [6.07, 6.45) is 5.27. The van der Waals surface area contributed by atoms with Gasteiger partial charge in [0.25, 0.3) is 11.8 Å². The first kappa shape index (κ1) is 17.9. The van der Waals surface area contributed by atoms with Gasteiger partial charge >= 0.3 is 0 Å². The van der Waals surface area contributed by atoms with Crippen molar-refractivity contribution in [1.29, 1.82) is 0 Å². The first-order valence-electron chi connectivity index (χ1n) is 9.22. The molecule has 1 atom stereocenters. The molecule has 0 radical (unpaired) electrons. The highest BCUT2D eigenvalue weighted by Gasteiger charge is 2.37. The number of carbonyl (C=O) groups excluding carboxylic acids is 2. The van der Waals surface area contributed by atoms with Crippen LogP contribution in [0.3, 0.4) is 0 Å². The summed E-state index contributed by atoms with van der Waals surface area (Å²) < 4.78 is 0. The molecule has 1 fully saturated rings. The third kappa shape index (κ3) is 3.30. The highest BCUT2D eigenvalue weighted by molar-refractivity contribution is 7.98. The summed E-state index contributed by atoms with van der Waals surface area (Å²) in [6.45, 7) is 0.807. The Hall–Kier alpha value is -2.47. The molecule has 1 saturated heterocycles. The number of rotatable bonds is 3. The predicted molar refractivity (Wildman–Crippen MR) is 110 cm³/mol. The number of fused-ring (bicyclic) bond motifs is 2. The first-order valence-corrected chi connectivity index (χ1v) is 10.4. The zero-order chi connectivity index (χ0) is 19.0. The maximum absolute atomic E-state index is 12.8. The average molecular weight is 382 g/mol. The van der Waals surface area contributed by atoms with Gasteiger partial charge in [-0.15, -0.1) is 11.8 Å². The number of nitrogens with zero attached hydrogens (tertiary/aromatic N) is 2. The van der Waals surface area contributed by atoms with Crippen molar-refractivity contribution in [2.45, 2.75) is 30.3 Å². The van der Waals surface area contributed by atoms with E-state index in [1.807, 2.05) is 48.5 Å². The van der Waals surface area contributed by atoms with E-state index in [2.05, 4.69) is 10.2 Å². The van der Waals surface area contributed by atoms with Gasteiger partial charge in [0.2, 0.25) is 0 Å². The quantitative estimate of drug-likeness (QED) is 0.815. The summed E-state index contributed by atoms with van der Waals surface area (Å²) in [5, 5.41) is 2.94. The average Bonchev–Trinajstić information content (AvgIpc) is 2.72. The third-order valence-corrected chi connectivity index (χ3v) is 6.14. The number of anilines is 2. The second kappa shape index (κ2) is 7.27. The third-order valence-electron chi connectivity index (χ3n) is 5.40. The van der Waals surface area contributed by atoms with Crippen LogP contribution < -0.4 is 10.2 Å². The molecule has 0 aromatic heterocycles. The molecule has 2 aromatic rings. The molecule has 1 N–H and O–H groups in total. The monoisotopic (exact) mass is 381 g/mol. The molecule has 0 bridgehead atoms. The van der Waals surface area contributed by atoms with Crippen molar-refractivity contribution in [3.05, 3.63) is 53.6 Å². The van der Waals surface area contributed by atoms with Crippen LogP contribution in [0.2, 0.25) is 0 Å². The fraction of sp³-hybridized carbons (Fsp3) is 0.333. The zero-order valence-corrected chi connectivity index (χ0v) is 16.4. The van der Waals surface area contributed by atoms with E-state index in [-0.39, 0.29) is 18.0 Å². The molecule has 2 heterocycles. The molecule has 2 aliphatic heterocycles. The van der Waals surface area contributed by atoms with Crippen molar-refractivity contribution in [2.75, 3.05) is 30.1 Å². The lowest BCUT2D eigenvalue weighted by Gasteiger charge is -2.46. The summed E-state index contributed by atoms with van der Waals surface area (Å²) >= 11 is 1.66. The Morgan fingerprint density at radius 1 is 1.15 bits per heavy atom. The van der Waals surface area contributed by atoms with Gasteiger partial charge in [-0.05, 0) is 68.0 Å². The Bertz CT molecular complexity index is 881. The molecule has 0 aliphatic carbocycles. The summed E-state index contributed by atoms with van der Waals surface area (Å²) in [7, 11) is 2.01. The van der Waals surface area contributed by atoms with Gasteiger partial charge in [0.1, 0.15) is 6.17 Å². The fourth-order valence-electron chi connectivity index (χ4n) is 3.89. The van der Waals surface area contributed by atoms with Crippen LogP contribution >= 0.6 is 11.8 Å². The minimum absolute atomic E-state index is 0.0763. The minimum Gasteiger partial charge on any atom is -0.354 e. The summed E-state index contributed by atoms with van der Waals surface area (Å²) in [6, 6.07) is 13.1. The molecule has 5 nitrogen and oxygen atoms in total. The van der Waals surface area contributed by atoms with Gasteiger partial charge in [-0.2, -0.15) is 0 Å². The van der Waals surface area contributed by atoms with Crippen LogP contribution in [0.1, 0.15) is 40.0 Å². The van der Waals surface area contributed by atoms with Crippen molar-refractivity contribution >= 4 is 35.0 Å². The van der Waals surface area contributed by atoms with E-state index in [4.69, 9.17) is 0 Å². The van der Waals surface area contributed by atoms with Gasteiger partial charge in [-0.3, -0.25) is 9.59 Å². The van der Waals surface area contributed by atoms with Crippen LogP contribution in [-0.4, -0.2) is 42.7 Å². The van der Waals surface area contributed by atoms with Gasteiger partial charge in [0.15, 0.2) is 0 Å². The van der Waals surface area contributed by atoms with Crippen LogP contribution in [0.5, 0.6) is 0 Å². The standard InChI is InChI=1S/C21H23N3O2S/c1-23-18-13-14(20(25)22-15-7-9-16(27-2)10-8-15)6-11-17(18)21(26)24-12-4-3-5-19(23)24/h6-11,13,19H,3-5,12H2,1-2H3,(H,22,25). The zero-order valence-electron chi connectivity index (χ0n) is 15.6. The lowest BCUT2D eigenvalue weighted by Crippen LogP contribution is -2.55. The summed E-state index contributed by atoms with van der Waals surface area (Å²) in [5.74, 6) is -0.0889. The molecule has 0 spiro atoms. The van der Waals surface area contributed by atoms with Gasteiger partial charge < -0.3 is 15.1 Å². The minimum atomic E-state index is -0.165. The molecule has 0 saturated carbocycles. The maximum Gasteiger partial charge on any atom is 0.257 e. The van der Waals surface area contributed by atoms with E-state index in [9.17, 15) is 9.59 Å². The summed E-state index contributed by atoms with van der Waals surface area (Å²) in [5.41, 5.74) is 2.84. The Balaban J connectivity index is 1.59. The number of hydrogen-bond acceptors (Lipinski definition) is 4. The number of piperidine rings is 1. The van der Waals surface area contributed by atoms with E-state index >= 15 is 0 Å². The van der Waals surface area contributed by atoms with Crippen molar-refractivity contribution in [2.24, 2.45) is 0 Å². The van der Waals surface area contributed by atoms with Crippen LogP contribution in [0.4, 0.5) is 11.4 Å². The number of hydrogen-bond donors (Lipinski definition) is 1. The second-order valence-corrected chi connectivity index (χ2v) is 7.88. The number of benzene rings is 2. The maximum atomic E-state index is 12.8. The highest BCUT2D eigenvalue weighted by Crippen LogP contribution is 2.35. The fourth-order valence-corrected chi connectivity index (χ4v) is 4.30. The molecule has 1 unspecified atom stereocenters. The Morgan fingerprint density at radius 3 is 2.67 bits per heavy atom. The van der Waals surface area contributed by atoms with Crippen molar-refractivity contribution < 1.29 is 9.59 Å². The molecule has 4 rings (SSSR count). The Morgan fingerprint density at radius 2 is 1.93 bits per heavy atom. The molecular formula is C21H23N3O2S. The Kier molecular flexibility index (Phi) is 4.83. The molecule has 6 heteroatoms. The molecule has 2 aromatic carbocycles. The van der Waals surface area contributed by atoms with Crippen molar-refractivity contribution in [3.63, 3.8) is 0 Å². The van der Waals surface area contributed by atoms with E-state index in [1.54, 1.807) is 23.9 Å². The molecule has 27 heavy (non-hydrogen) atoms. The highest BCUT2D eigenvalue weighted by atomic mass is 32.2. The smallest absolute Gasteiger partial charge is 0.257 e. The number of nitrogens with one attached hydrogen (secondary N) is 1. The largest absolute Gasteiger partial charge is 0.354 e. The van der Waals surface area contributed by atoms with Crippen LogP contribution in [0.25, 0.3) is 0 Å². The lowest BCUT2D eigenvalue weighted by molar-refractivity contribution is 0.0589. The van der Waals surface area contributed by atoms with Gasteiger partial charge in [0, 0.05) is 29.7 Å². The van der Waals surface area contributed by atoms with Crippen LogP contribution in [0, 0.1) is 0 Å².